The van der Waals surface area contributed by atoms with E-state index in [0.29, 0.717) is 23.7 Å². The average Bonchev–Trinajstić information content (AvgIpc) is 2.54. The fourth-order valence-corrected chi connectivity index (χ4v) is 2.31. The maximum atomic E-state index is 12.0. The first-order valence-corrected chi connectivity index (χ1v) is 7.28. The first-order valence-electron chi connectivity index (χ1n) is 7.28. The Morgan fingerprint density at radius 2 is 2.09 bits per heavy atom. The van der Waals surface area contributed by atoms with E-state index in [-0.39, 0.29) is 18.5 Å². The van der Waals surface area contributed by atoms with E-state index in [1.54, 1.807) is 18.2 Å². The van der Waals surface area contributed by atoms with Gasteiger partial charge in [0.15, 0.2) is 6.61 Å². The molecule has 0 fully saturated rings. The van der Waals surface area contributed by atoms with Crippen molar-refractivity contribution >= 4 is 23.3 Å². The van der Waals surface area contributed by atoms with Crippen molar-refractivity contribution in [2.45, 2.75) is 13.5 Å². The van der Waals surface area contributed by atoms with Crippen molar-refractivity contribution in [2.75, 3.05) is 17.2 Å². The molecule has 0 aromatic heterocycles. The minimum absolute atomic E-state index is 0.0179. The van der Waals surface area contributed by atoms with Gasteiger partial charge < -0.3 is 20.7 Å². The first kappa shape index (κ1) is 14.9. The van der Waals surface area contributed by atoms with Gasteiger partial charge in [-0.25, -0.2) is 4.79 Å². The van der Waals surface area contributed by atoms with Gasteiger partial charge in [-0.2, -0.15) is 0 Å². The third-order valence-corrected chi connectivity index (χ3v) is 3.57. The number of ether oxygens (including phenoxy) is 1. The summed E-state index contributed by atoms with van der Waals surface area (Å²) in [5.74, 6) is 0.357. The lowest BCUT2D eigenvalue weighted by Gasteiger charge is -2.18. The molecule has 0 unspecified atom stereocenters. The number of fused-ring (bicyclic) bond motifs is 1. The van der Waals surface area contributed by atoms with Gasteiger partial charge in [-0.1, -0.05) is 24.3 Å². The molecular formula is C17H17N3O3. The summed E-state index contributed by atoms with van der Waals surface area (Å²) in [4.78, 5) is 23.2. The number of hydrogen-bond donors (Lipinski definition) is 3. The van der Waals surface area contributed by atoms with Crippen LogP contribution >= 0.6 is 0 Å². The minimum atomic E-state index is -0.298. The van der Waals surface area contributed by atoms with Crippen LogP contribution in [0.3, 0.4) is 0 Å². The van der Waals surface area contributed by atoms with E-state index in [4.69, 9.17) is 4.74 Å². The second-order valence-electron chi connectivity index (χ2n) is 5.28. The van der Waals surface area contributed by atoms with Crippen LogP contribution in [0.1, 0.15) is 11.1 Å². The Hall–Kier alpha value is -3.02. The molecule has 2 aromatic carbocycles. The predicted molar refractivity (Wildman–Crippen MR) is 87.6 cm³/mol. The molecule has 23 heavy (non-hydrogen) atoms. The van der Waals surface area contributed by atoms with Gasteiger partial charge in [-0.05, 0) is 30.2 Å². The van der Waals surface area contributed by atoms with Crippen molar-refractivity contribution < 1.29 is 14.3 Å². The van der Waals surface area contributed by atoms with Gasteiger partial charge in [0.05, 0.1) is 5.69 Å². The zero-order valence-corrected chi connectivity index (χ0v) is 12.7. The lowest BCUT2D eigenvalue weighted by molar-refractivity contribution is -0.118. The molecule has 6 nitrogen and oxygen atoms in total. The standard InChI is InChI=1S/C17H17N3O3/c1-11-4-2-3-5-12(11)9-18-17(22)19-13-6-7-14-15(8-13)23-10-16(21)20-14/h2-8H,9-10H2,1H3,(H,20,21)(H2,18,19,22). The minimum Gasteiger partial charge on any atom is -0.482 e. The quantitative estimate of drug-likeness (QED) is 0.815. The van der Waals surface area contributed by atoms with Gasteiger partial charge in [-0.15, -0.1) is 0 Å². The van der Waals surface area contributed by atoms with Crippen molar-refractivity contribution in [2.24, 2.45) is 0 Å². The largest absolute Gasteiger partial charge is 0.482 e. The summed E-state index contributed by atoms with van der Waals surface area (Å²) in [6.07, 6.45) is 0. The Morgan fingerprint density at radius 1 is 1.26 bits per heavy atom. The number of aryl methyl sites for hydroxylation is 1. The number of carbonyl (C=O) groups is 2. The maximum absolute atomic E-state index is 12.0. The highest BCUT2D eigenvalue weighted by Crippen LogP contribution is 2.30. The van der Waals surface area contributed by atoms with Crippen LogP contribution in [0.15, 0.2) is 42.5 Å². The fourth-order valence-electron chi connectivity index (χ4n) is 2.31. The van der Waals surface area contributed by atoms with Gasteiger partial charge in [-0.3, -0.25) is 4.79 Å². The average molecular weight is 311 g/mol. The number of hydrogen-bond acceptors (Lipinski definition) is 3. The Morgan fingerprint density at radius 3 is 2.91 bits per heavy atom. The Bertz CT molecular complexity index is 758. The lowest BCUT2D eigenvalue weighted by Crippen LogP contribution is -2.29. The highest BCUT2D eigenvalue weighted by Gasteiger charge is 2.16. The van der Waals surface area contributed by atoms with Crippen LogP contribution < -0.4 is 20.7 Å². The molecule has 1 heterocycles. The van der Waals surface area contributed by atoms with Crippen LogP contribution in [0.5, 0.6) is 5.75 Å². The van der Waals surface area contributed by atoms with E-state index >= 15 is 0 Å². The summed E-state index contributed by atoms with van der Waals surface area (Å²) >= 11 is 0. The normalized spacial score (nSPS) is 12.7. The van der Waals surface area contributed by atoms with E-state index in [1.807, 2.05) is 31.2 Å². The van der Waals surface area contributed by atoms with E-state index < -0.39 is 0 Å². The van der Waals surface area contributed by atoms with Crippen LogP contribution in [0.4, 0.5) is 16.2 Å². The van der Waals surface area contributed by atoms with Gasteiger partial charge in [0.2, 0.25) is 0 Å². The van der Waals surface area contributed by atoms with Gasteiger partial charge >= 0.3 is 6.03 Å². The molecule has 0 atom stereocenters. The van der Waals surface area contributed by atoms with E-state index in [2.05, 4.69) is 16.0 Å². The molecule has 0 bridgehead atoms. The van der Waals surface area contributed by atoms with Crippen LogP contribution in [0.2, 0.25) is 0 Å². The van der Waals surface area contributed by atoms with E-state index in [9.17, 15) is 9.59 Å². The van der Waals surface area contributed by atoms with Crippen LogP contribution in [0, 0.1) is 6.92 Å². The molecule has 0 radical (unpaired) electrons. The molecule has 0 aliphatic carbocycles. The zero-order chi connectivity index (χ0) is 16.2. The molecule has 3 rings (SSSR count). The van der Waals surface area contributed by atoms with Crippen molar-refractivity contribution in [1.29, 1.82) is 0 Å². The summed E-state index contributed by atoms with van der Waals surface area (Å²) in [5, 5.41) is 8.27. The predicted octanol–water partition coefficient (Wildman–Crippen LogP) is 2.65. The molecule has 2 aromatic rings. The SMILES string of the molecule is Cc1ccccc1CNC(=O)Nc1ccc2c(c1)OCC(=O)N2. The summed E-state index contributed by atoms with van der Waals surface area (Å²) in [6, 6.07) is 12.7. The highest BCUT2D eigenvalue weighted by atomic mass is 16.5. The van der Waals surface area contributed by atoms with Crippen molar-refractivity contribution in [3.05, 3.63) is 53.6 Å². The Kier molecular flexibility index (Phi) is 4.14. The zero-order valence-electron chi connectivity index (χ0n) is 12.7. The van der Waals surface area contributed by atoms with Gasteiger partial charge in [0.25, 0.3) is 5.91 Å². The second kappa shape index (κ2) is 6.39. The summed E-state index contributed by atoms with van der Waals surface area (Å²) in [6.45, 7) is 2.44. The third kappa shape index (κ3) is 3.60. The van der Waals surface area contributed by atoms with Crippen LogP contribution in [-0.2, 0) is 11.3 Å². The van der Waals surface area contributed by atoms with Crippen LogP contribution in [-0.4, -0.2) is 18.5 Å². The monoisotopic (exact) mass is 311 g/mol. The second-order valence-corrected chi connectivity index (χ2v) is 5.28. The van der Waals surface area contributed by atoms with E-state index in [1.165, 1.54) is 0 Å². The maximum Gasteiger partial charge on any atom is 0.319 e. The number of amides is 3. The number of urea groups is 1. The lowest BCUT2D eigenvalue weighted by atomic mass is 10.1. The van der Waals surface area contributed by atoms with Crippen molar-refractivity contribution in [3.8, 4) is 5.75 Å². The summed E-state index contributed by atoms with van der Waals surface area (Å²) < 4.78 is 5.32. The smallest absolute Gasteiger partial charge is 0.319 e. The number of carbonyl (C=O) groups excluding carboxylic acids is 2. The summed E-state index contributed by atoms with van der Waals surface area (Å²) in [7, 11) is 0. The molecule has 6 heteroatoms. The van der Waals surface area contributed by atoms with Crippen LogP contribution in [0.25, 0.3) is 0 Å². The molecule has 1 aliphatic rings. The Labute approximate surface area is 133 Å². The Balaban J connectivity index is 1.60. The topological polar surface area (TPSA) is 79.5 Å². The molecular weight excluding hydrogens is 294 g/mol. The van der Waals surface area contributed by atoms with E-state index in [0.717, 1.165) is 11.1 Å². The molecule has 3 amide bonds. The van der Waals surface area contributed by atoms with Crippen molar-refractivity contribution in [1.82, 2.24) is 5.32 Å². The first-order chi connectivity index (χ1) is 11.1. The molecule has 118 valence electrons. The number of anilines is 2. The van der Waals surface area contributed by atoms with Crippen molar-refractivity contribution in [3.63, 3.8) is 0 Å². The highest BCUT2D eigenvalue weighted by molar-refractivity contribution is 5.96. The van der Waals surface area contributed by atoms with Gasteiger partial charge in [0, 0.05) is 18.3 Å². The van der Waals surface area contributed by atoms with Gasteiger partial charge in [0.1, 0.15) is 5.75 Å². The molecule has 0 spiro atoms. The number of benzene rings is 2. The number of rotatable bonds is 3. The fraction of sp³-hybridized carbons (Fsp3) is 0.176. The molecule has 3 N–H and O–H groups in total. The number of nitrogens with one attached hydrogen (secondary N) is 3. The molecule has 1 aliphatic heterocycles. The molecule has 0 saturated carbocycles. The third-order valence-electron chi connectivity index (χ3n) is 3.57. The summed E-state index contributed by atoms with van der Waals surface area (Å²) in [5.41, 5.74) is 3.40. The molecule has 0 saturated heterocycles.